The maximum absolute atomic E-state index is 14.7. The molecule has 3 aliphatic carbocycles. The normalized spacial score (nSPS) is 32.8. The first-order chi connectivity index (χ1) is 32.7. The molecular formula is C53H63NO15. The second-order valence-corrected chi connectivity index (χ2v) is 20.2. The highest BCUT2D eigenvalue weighted by atomic mass is 16.7. The second kappa shape index (κ2) is 18.9. The number of hydrogen-bond acceptors (Lipinski definition) is 15. The molecule has 370 valence electrons. The molecule has 2 saturated carbocycles. The van der Waals surface area contributed by atoms with Gasteiger partial charge in [0.05, 0.1) is 37.3 Å². The van der Waals surface area contributed by atoms with Gasteiger partial charge in [-0.25, -0.2) is 9.59 Å². The molecule has 3 aromatic carbocycles. The van der Waals surface area contributed by atoms with E-state index >= 15 is 0 Å². The first kappa shape index (κ1) is 49.8. The van der Waals surface area contributed by atoms with Crippen LogP contribution in [0.1, 0.15) is 107 Å². The molecule has 69 heavy (non-hydrogen) atoms. The molecule has 0 spiro atoms. The predicted octanol–water partition coefficient (Wildman–Crippen LogP) is 5.97. The van der Waals surface area contributed by atoms with E-state index in [0.29, 0.717) is 28.0 Å². The Kier molecular flexibility index (Phi) is 13.6. The summed E-state index contributed by atoms with van der Waals surface area (Å²) in [7, 11) is 1.55. The van der Waals surface area contributed by atoms with Crippen LogP contribution in [0.3, 0.4) is 0 Å². The lowest BCUT2D eigenvalue weighted by Gasteiger charge is -2.71. The zero-order chi connectivity index (χ0) is 49.8. The van der Waals surface area contributed by atoms with Crippen LogP contribution < -0.4 is 10.1 Å². The molecule has 1 unspecified atom stereocenters. The van der Waals surface area contributed by atoms with E-state index < -0.39 is 119 Å². The van der Waals surface area contributed by atoms with Crippen molar-refractivity contribution in [3.8, 4) is 5.75 Å². The summed E-state index contributed by atoms with van der Waals surface area (Å²) in [6.45, 7) is 13.1. The molecular weight excluding hydrogens is 891 g/mol. The topological polar surface area (TPSA) is 212 Å². The van der Waals surface area contributed by atoms with Gasteiger partial charge in [-0.3, -0.25) is 14.4 Å². The molecule has 3 aromatic rings. The van der Waals surface area contributed by atoms with Crippen LogP contribution in [0.5, 0.6) is 5.75 Å². The van der Waals surface area contributed by atoms with Crippen molar-refractivity contribution in [3.63, 3.8) is 0 Å². The number of ether oxygens (including phenoxy) is 8. The van der Waals surface area contributed by atoms with E-state index in [1.807, 2.05) is 20.8 Å². The maximum atomic E-state index is 14.7. The molecule has 5 aliphatic rings. The van der Waals surface area contributed by atoms with Crippen molar-refractivity contribution in [2.75, 3.05) is 13.7 Å². The van der Waals surface area contributed by atoms with Gasteiger partial charge in [0.1, 0.15) is 35.8 Å². The van der Waals surface area contributed by atoms with Gasteiger partial charge in [-0.05, 0) is 66.8 Å². The lowest BCUT2D eigenvalue weighted by molar-refractivity contribution is -0.413. The lowest BCUT2D eigenvalue weighted by atomic mass is 9.44. The first-order valence-electron chi connectivity index (χ1n) is 23.5. The average Bonchev–Trinajstić information content (AvgIpc) is 3.30. The van der Waals surface area contributed by atoms with Gasteiger partial charge in [0.15, 0.2) is 24.1 Å². The monoisotopic (exact) mass is 953 g/mol. The third kappa shape index (κ3) is 8.72. The number of esters is 4. The van der Waals surface area contributed by atoms with E-state index in [1.54, 1.807) is 113 Å². The summed E-state index contributed by atoms with van der Waals surface area (Å²) in [6.07, 6.45) is -10.2. The standard InChI is InChI=1S/C53H63NO15/c1-28(2)24-36(54-46(58)32-16-12-10-13-17-32)41(57)48(60)65-37-26-53(61)45(67-47(59)33-18-14-11-15-19-33)43-51(8)38(25-39-52(43,27-63-39)69-31(5)56)66-49(34-20-22-35(62-9)23-21-34)68-44(51)42(64-30(4)55)40(29(37)3)50(53,6)7/h10-23,28,36-39,41-45,49,57,61H,24-27H2,1-9H3,(H,54,58)/t36-,37-,38-,39+,41+,42-,43-,44-,45-,49?,51+,52-,53+/m0/s1. The summed E-state index contributed by atoms with van der Waals surface area (Å²) in [5.74, 6) is -4.49. The number of aliphatic hydroxyl groups excluding tert-OH is 1. The van der Waals surface area contributed by atoms with Crippen molar-refractivity contribution in [1.29, 1.82) is 0 Å². The Hall–Kier alpha value is -5.65. The van der Waals surface area contributed by atoms with E-state index in [9.17, 15) is 34.2 Å². The maximum Gasteiger partial charge on any atom is 0.338 e. The van der Waals surface area contributed by atoms with Gasteiger partial charge < -0.3 is 53.4 Å². The zero-order valence-corrected chi connectivity index (χ0v) is 40.5. The van der Waals surface area contributed by atoms with Gasteiger partial charge >= 0.3 is 23.9 Å². The van der Waals surface area contributed by atoms with Crippen molar-refractivity contribution in [2.45, 2.75) is 141 Å². The SMILES string of the molecule is COc1ccc(C2O[C@H]3C[C@H]4OC[C@@]4(OC(C)=O)[C@H]4[C@H](OC(=O)c5ccccc5)[C@]5(O)C[C@H](OC(=O)[C@H](O)[C@H](CC(C)C)NC(=O)c6ccccc6)C(C)=C([C@H](OC(C)=O)[C@H](O2)[C@]34C)C5(C)C)cc1. The average molecular weight is 954 g/mol. The van der Waals surface area contributed by atoms with Crippen LogP contribution in [0.4, 0.5) is 0 Å². The van der Waals surface area contributed by atoms with Crippen LogP contribution in [0, 0.1) is 22.7 Å². The van der Waals surface area contributed by atoms with Gasteiger partial charge in [0.2, 0.25) is 0 Å². The fraction of sp³-hybridized carbons (Fsp3) is 0.528. The second-order valence-electron chi connectivity index (χ2n) is 20.2. The molecule has 0 aromatic heterocycles. The number of carbonyl (C=O) groups excluding carboxylic acids is 5. The lowest BCUT2D eigenvalue weighted by Crippen LogP contribution is -2.83. The van der Waals surface area contributed by atoms with Crippen LogP contribution in [-0.4, -0.2) is 114 Å². The first-order valence-corrected chi connectivity index (χ1v) is 23.5. The van der Waals surface area contributed by atoms with Crippen molar-refractivity contribution in [1.82, 2.24) is 5.32 Å². The van der Waals surface area contributed by atoms with Crippen LogP contribution in [0.2, 0.25) is 0 Å². The molecule has 2 heterocycles. The van der Waals surface area contributed by atoms with Gasteiger partial charge in [-0.1, -0.05) is 83.1 Å². The van der Waals surface area contributed by atoms with E-state index in [4.69, 9.17) is 37.9 Å². The zero-order valence-electron chi connectivity index (χ0n) is 40.5. The number of amides is 1. The van der Waals surface area contributed by atoms with Crippen LogP contribution in [-0.2, 0) is 47.5 Å². The molecule has 13 atom stereocenters. The Bertz CT molecular complexity index is 2460. The number of carbonyl (C=O) groups is 5. The molecule has 4 fully saturated rings. The van der Waals surface area contributed by atoms with E-state index in [0.717, 1.165) is 0 Å². The molecule has 3 N–H and O–H groups in total. The minimum Gasteiger partial charge on any atom is -0.497 e. The van der Waals surface area contributed by atoms with Crippen LogP contribution in [0.15, 0.2) is 96.1 Å². The highest BCUT2D eigenvalue weighted by Crippen LogP contribution is 2.68. The molecule has 2 bridgehead atoms. The summed E-state index contributed by atoms with van der Waals surface area (Å²) < 4.78 is 51.6. The number of nitrogens with one attached hydrogen (secondary N) is 1. The summed E-state index contributed by atoms with van der Waals surface area (Å²) in [4.78, 5) is 69.6. The summed E-state index contributed by atoms with van der Waals surface area (Å²) in [6, 6.07) is 22.6. The van der Waals surface area contributed by atoms with Crippen molar-refractivity contribution >= 4 is 29.8 Å². The summed E-state index contributed by atoms with van der Waals surface area (Å²) in [5.41, 5.74) is -4.99. The fourth-order valence-corrected chi connectivity index (χ4v) is 11.9. The Morgan fingerprint density at radius 1 is 0.826 bits per heavy atom. The molecule has 2 saturated heterocycles. The van der Waals surface area contributed by atoms with Crippen molar-refractivity contribution in [2.24, 2.45) is 22.7 Å². The molecule has 2 aliphatic heterocycles. The summed E-state index contributed by atoms with van der Waals surface area (Å²) >= 11 is 0. The molecule has 16 nitrogen and oxygen atoms in total. The number of fused-ring (bicyclic) bond motifs is 4. The largest absolute Gasteiger partial charge is 0.497 e. The minimum absolute atomic E-state index is 0.0802. The van der Waals surface area contributed by atoms with Crippen molar-refractivity contribution < 1.29 is 72.1 Å². The van der Waals surface area contributed by atoms with Gasteiger partial charge in [0, 0.05) is 48.6 Å². The minimum atomic E-state index is -2.25. The molecule has 8 rings (SSSR count). The Balaban J connectivity index is 1.32. The van der Waals surface area contributed by atoms with Crippen molar-refractivity contribution in [3.05, 3.63) is 113 Å². The molecule has 1 amide bonds. The Morgan fingerprint density at radius 2 is 1.46 bits per heavy atom. The molecule has 16 heteroatoms. The number of methoxy groups -OCH3 is 1. The number of benzene rings is 3. The number of aliphatic hydroxyl groups is 2. The van der Waals surface area contributed by atoms with Gasteiger partial charge in [-0.2, -0.15) is 0 Å². The number of hydrogen-bond donors (Lipinski definition) is 3. The predicted molar refractivity (Wildman–Crippen MR) is 246 cm³/mol. The summed E-state index contributed by atoms with van der Waals surface area (Å²) in [5, 5.41) is 28.7. The highest BCUT2D eigenvalue weighted by Gasteiger charge is 2.80. The third-order valence-corrected chi connectivity index (χ3v) is 15.3. The quantitative estimate of drug-likeness (QED) is 0.102. The van der Waals surface area contributed by atoms with E-state index in [-0.39, 0.29) is 30.9 Å². The van der Waals surface area contributed by atoms with Gasteiger partial charge in [0.25, 0.3) is 5.91 Å². The van der Waals surface area contributed by atoms with Crippen LogP contribution in [0.25, 0.3) is 0 Å². The Labute approximate surface area is 401 Å². The smallest absolute Gasteiger partial charge is 0.338 e. The van der Waals surface area contributed by atoms with E-state index in [2.05, 4.69) is 5.32 Å². The molecule has 0 radical (unpaired) electrons. The number of rotatable bonds is 13. The fourth-order valence-electron chi connectivity index (χ4n) is 11.9. The Morgan fingerprint density at radius 3 is 2.03 bits per heavy atom. The van der Waals surface area contributed by atoms with E-state index in [1.165, 1.54) is 13.8 Å². The van der Waals surface area contributed by atoms with Crippen LogP contribution >= 0.6 is 0 Å². The highest BCUT2D eigenvalue weighted by molar-refractivity contribution is 5.94. The van der Waals surface area contributed by atoms with Gasteiger partial charge in [-0.15, -0.1) is 0 Å². The third-order valence-electron chi connectivity index (χ3n) is 15.3.